The number of nitrogens with one attached hydrogen (secondary N) is 2. The highest BCUT2D eigenvalue weighted by Gasteiger charge is 2.23. The summed E-state index contributed by atoms with van der Waals surface area (Å²) in [5.41, 5.74) is 2.91. The van der Waals surface area contributed by atoms with Crippen molar-refractivity contribution >= 4 is 11.8 Å². The minimum atomic E-state index is -0.721. The normalized spacial score (nSPS) is 12.3. The Morgan fingerprint density at radius 2 is 1.47 bits per heavy atom. The van der Waals surface area contributed by atoms with Crippen LogP contribution in [0.4, 0.5) is 0 Å². The fraction of sp³-hybridized carbons (Fsp3) is 0.160. The minimum absolute atomic E-state index is 0.264. The number of benzene rings is 3. The molecule has 0 bridgehead atoms. The highest BCUT2D eigenvalue weighted by Crippen LogP contribution is 2.14. The molecular formula is C25H23N3O2. The number of nitriles is 1. The Balaban J connectivity index is 1.75. The van der Waals surface area contributed by atoms with Gasteiger partial charge in [-0.1, -0.05) is 60.7 Å². The molecule has 0 aromatic heterocycles. The number of amides is 2. The van der Waals surface area contributed by atoms with Crippen molar-refractivity contribution in [1.29, 1.82) is 5.26 Å². The second-order valence-electron chi connectivity index (χ2n) is 7.05. The van der Waals surface area contributed by atoms with Crippen molar-refractivity contribution in [3.63, 3.8) is 0 Å². The quantitative estimate of drug-likeness (QED) is 0.637. The third-order valence-electron chi connectivity index (χ3n) is 4.84. The average Bonchev–Trinajstić information content (AvgIpc) is 2.79. The molecule has 2 atom stereocenters. The molecule has 0 aliphatic heterocycles. The zero-order valence-corrected chi connectivity index (χ0v) is 16.7. The molecule has 2 unspecified atom stereocenters. The lowest BCUT2D eigenvalue weighted by molar-refractivity contribution is -0.123. The molecule has 5 nitrogen and oxygen atoms in total. The van der Waals surface area contributed by atoms with Gasteiger partial charge in [-0.25, -0.2) is 0 Å². The van der Waals surface area contributed by atoms with E-state index in [2.05, 4.69) is 16.7 Å². The Hall–Kier alpha value is -3.91. The summed E-state index contributed by atoms with van der Waals surface area (Å²) in [5.74, 6) is -0.558. The number of carbonyl (C=O) groups excluding carboxylic acids is 2. The van der Waals surface area contributed by atoms with Gasteiger partial charge in [0.05, 0.1) is 17.7 Å². The molecule has 0 saturated heterocycles. The summed E-state index contributed by atoms with van der Waals surface area (Å²) in [5, 5.41) is 14.8. The minimum Gasteiger partial charge on any atom is -0.348 e. The summed E-state index contributed by atoms with van der Waals surface area (Å²) in [7, 11) is 0. The van der Waals surface area contributed by atoms with Crippen molar-refractivity contribution in [2.75, 3.05) is 0 Å². The van der Waals surface area contributed by atoms with Crippen molar-refractivity contribution in [2.45, 2.75) is 25.4 Å². The Morgan fingerprint density at radius 1 is 0.867 bits per heavy atom. The maximum atomic E-state index is 13.0. The van der Waals surface area contributed by atoms with Crippen LogP contribution in [0.1, 0.15) is 40.0 Å². The van der Waals surface area contributed by atoms with Crippen LogP contribution in [0.3, 0.4) is 0 Å². The maximum absolute atomic E-state index is 13.0. The summed E-state index contributed by atoms with van der Waals surface area (Å²) in [4.78, 5) is 25.7. The molecule has 3 aromatic rings. The molecule has 2 amide bonds. The van der Waals surface area contributed by atoms with Crippen LogP contribution in [0.2, 0.25) is 0 Å². The van der Waals surface area contributed by atoms with Gasteiger partial charge in [-0.05, 0) is 42.3 Å². The summed E-state index contributed by atoms with van der Waals surface area (Å²) in [6.45, 7) is 1.87. The zero-order chi connectivity index (χ0) is 21.3. The molecule has 0 spiro atoms. The number of rotatable bonds is 7. The molecule has 5 heteroatoms. The zero-order valence-electron chi connectivity index (χ0n) is 16.7. The lowest BCUT2D eigenvalue weighted by Crippen LogP contribution is -2.48. The van der Waals surface area contributed by atoms with Crippen molar-refractivity contribution in [3.05, 3.63) is 107 Å². The van der Waals surface area contributed by atoms with Crippen LogP contribution >= 0.6 is 0 Å². The topological polar surface area (TPSA) is 82.0 Å². The van der Waals surface area contributed by atoms with Crippen LogP contribution in [-0.4, -0.2) is 17.9 Å². The van der Waals surface area contributed by atoms with Crippen molar-refractivity contribution in [2.24, 2.45) is 0 Å². The monoisotopic (exact) mass is 397 g/mol. The maximum Gasteiger partial charge on any atom is 0.251 e. The molecule has 30 heavy (non-hydrogen) atoms. The van der Waals surface area contributed by atoms with E-state index in [1.165, 1.54) is 0 Å². The Bertz CT molecular complexity index is 1030. The van der Waals surface area contributed by atoms with E-state index >= 15 is 0 Å². The summed E-state index contributed by atoms with van der Waals surface area (Å²) in [6, 6.07) is 26.6. The SMILES string of the molecule is CC(NC(=O)C(Cc1ccccc1)NC(=O)c1ccccc1)c1ccc(C#N)cc1. The Labute approximate surface area is 176 Å². The number of hydrogen-bond donors (Lipinski definition) is 2. The van der Waals surface area contributed by atoms with E-state index in [0.29, 0.717) is 17.5 Å². The second-order valence-corrected chi connectivity index (χ2v) is 7.05. The largest absolute Gasteiger partial charge is 0.348 e. The smallest absolute Gasteiger partial charge is 0.251 e. The van der Waals surface area contributed by atoms with Crippen LogP contribution in [0, 0.1) is 11.3 Å². The van der Waals surface area contributed by atoms with Crippen LogP contribution in [0.25, 0.3) is 0 Å². The summed E-state index contributed by atoms with van der Waals surface area (Å²) >= 11 is 0. The predicted molar refractivity (Wildman–Crippen MR) is 116 cm³/mol. The number of carbonyl (C=O) groups is 2. The molecule has 0 radical (unpaired) electrons. The van der Waals surface area contributed by atoms with Crippen LogP contribution in [0.15, 0.2) is 84.9 Å². The predicted octanol–water partition coefficient (Wildman–Crippen LogP) is 3.78. The molecule has 0 saturated carbocycles. The first-order chi connectivity index (χ1) is 14.6. The highest BCUT2D eigenvalue weighted by molar-refractivity contribution is 5.97. The van der Waals surface area contributed by atoms with Crippen molar-refractivity contribution in [1.82, 2.24) is 10.6 Å². The highest BCUT2D eigenvalue weighted by atomic mass is 16.2. The van der Waals surface area contributed by atoms with Gasteiger partial charge in [0.15, 0.2) is 0 Å². The van der Waals surface area contributed by atoms with Gasteiger partial charge in [-0.3, -0.25) is 9.59 Å². The van der Waals surface area contributed by atoms with E-state index in [4.69, 9.17) is 5.26 Å². The van der Waals surface area contributed by atoms with E-state index in [-0.39, 0.29) is 17.9 Å². The molecule has 0 aliphatic rings. The number of nitrogens with zero attached hydrogens (tertiary/aromatic N) is 1. The van der Waals surface area contributed by atoms with E-state index in [1.54, 1.807) is 36.4 Å². The first-order valence-electron chi connectivity index (χ1n) is 9.77. The second kappa shape index (κ2) is 10.0. The first-order valence-corrected chi connectivity index (χ1v) is 9.77. The van der Waals surface area contributed by atoms with Gasteiger partial charge in [0, 0.05) is 12.0 Å². The van der Waals surface area contributed by atoms with Crippen molar-refractivity contribution in [3.8, 4) is 6.07 Å². The third kappa shape index (κ3) is 5.55. The van der Waals surface area contributed by atoms with Crippen LogP contribution < -0.4 is 10.6 Å². The molecule has 3 rings (SSSR count). The van der Waals surface area contributed by atoms with Gasteiger partial charge < -0.3 is 10.6 Å². The van der Waals surface area contributed by atoms with Gasteiger partial charge in [-0.2, -0.15) is 5.26 Å². The van der Waals surface area contributed by atoms with E-state index in [9.17, 15) is 9.59 Å². The molecular weight excluding hydrogens is 374 g/mol. The Kier molecular flexibility index (Phi) is 6.96. The average molecular weight is 397 g/mol. The van der Waals surface area contributed by atoms with E-state index in [0.717, 1.165) is 11.1 Å². The lowest BCUT2D eigenvalue weighted by atomic mass is 10.0. The molecule has 0 fully saturated rings. The Morgan fingerprint density at radius 3 is 2.07 bits per heavy atom. The third-order valence-corrected chi connectivity index (χ3v) is 4.84. The fourth-order valence-corrected chi connectivity index (χ4v) is 3.13. The van der Waals surface area contributed by atoms with Gasteiger partial charge in [0.25, 0.3) is 5.91 Å². The van der Waals surface area contributed by atoms with Crippen LogP contribution in [0.5, 0.6) is 0 Å². The fourth-order valence-electron chi connectivity index (χ4n) is 3.13. The first kappa shape index (κ1) is 20.8. The summed E-state index contributed by atoms with van der Waals surface area (Å²) < 4.78 is 0. The molecule has 0 aliphatic carbocycles. The van der Waals surface area contributed by atoms with Gasteiger partial charge in [-0.15, -0.1) is 0 Å². The molecule has 150 valence electrons. The van der Waals surface area contributed by atoms with E-state index < -0.39 is 6.04 Å². The van der Waals surface area contributed by atoms with Gasteiger partial charge in [0.2, 0.25) is 5.91 Å². The summed E-state index contributed by atoms with van der Waals surface area (Å²) in [6.07, 6.45) is 0.380. The van der Waals surface area contributed by atoms with Crippen LogP contribution in [-0.2, 0) is 11.2 Å². The van der Waals surface area contributed by atoms with E-state index in [1.807, 2.05) is 55.5 Å². The standard InChI is InChI=1S/C25H23N3O2/c1-18(21-14-12-20(17-26)13-15-21)27-25(30)23(16-19-8-4-2-5-9-19)28-24(29)22-10-6-3-7-11-22/h2-15,18,23H,16H2,1H3,(H,27,30)(H,28,29). The molecule has 0 heterocycles. The number of hydrogen-bond acceptors (Lipinski definition) is 3. The molecule has 3 aromatic carbocycles. The van der Waals surface area contributed by atoms with Crippen molar-refractivity contribution < 1.29 is 9.59 Å². The van der Waals surface area contributed by atoms with Gasteiger partial charge in [0.1, 0.15) is 6.04 Å². The lowest BCUT2D eigenvalue weighted by Gasteiger charge is -2.22. The van der Waals surface area contributed by atoms with Gasteiger partial charge >= 0.3 is 0 Å². The molecule has 2 N–H and O–H groups in total.